The zero-order valence-electron chi connectivity index (χ0n) is 17.7. The van der Waals surface area contributed by atoms with Gasteiger partial charge in [-0.2, -0.15) is 0 Å². The Morgan fingerprint density at radius 2 is 1.79 bits per heavy atom. The van der Waals surface area contributed by atoms with Crippen molar-refractivity contribution in [3.8, 4) is 0 Å². The van der Waals surface area contributed by atoms with Gasteiger partial charge in [0.2, 0.25) is 0 Å². The third kappa shape index (κ3) is 5.03. The second-order valence-corrected chi connectivity index (χ2v) is 8.73. The van der Waals surface area contributed by atoms with E-state index in [2.05, 4.69) is 28.3 Å². The molecule has 2 fully saturated rings. The summed E-state index contributed by atoms with van der Waals surface area (Å²) in [6.07, 6.45) is 5.18. The Balaban J connectivity index is 1.53. The van der Waals surface area contributed by atoms with Crippen molar-refractivity contribution < 1.29 is 19.3 Å². The van der Waals surface area contributed by atoms with Crippen molar-refractivity contribution in [2.75, 3.05) is 53.0 Å². The maximum absolute atomic E-state index is 12.0. The number of hydrogen-bond donors (Lipinski definition) is 3. The van der Waals surface area contributed by atoms with Crippen LogP contribution >= 0.6 is 12.2 Å². The van der Waals surface area contributed by atoms with Crippen LogP contribution in [0.2, 0.25) is 0 Å². The fourth-order valence-electron chi connectivity index (χ4n) is 4.66. The van der Waals surface area contributed by atoms with Gasteiger partial charge in [-0.1, -0.05) is 12.8 Å². The van der Waals surface area contributed by atoms with Crippen LogP contribution in [0.25, 0.3) is 0 Å². The van der Waals surface area contributed by atoms with Crippen LogP contribution in [0.4, 0.5) is 0 Å². The predicted octanol–water partition coefficient (Wildman–Crippen LogP) is -0.745. The van der Waals surface area contributed by atoms with Crippen LogP contribution < -0.4 is 15.1 Å². The first kappa shape index (κ1) is 21.5. The number of carbonyl (C=O) groups is 1. The first-order valence-corrected chi connectivity index (χ1v) is 11.1. The molecule has 3 N–H and O–H groups in total. The first-order valence-electron chi connectivity index (χ1n) is 10.7. The molecule has 2 aliphatic rings. The fourth-order valence-corrected chi connectivity index (χ4v) is 5.15. The quantitative estimate of drug-likeness (QED) is 0.390. The van der Waals surface area contributed by atoms with E-state index in [-0.39, 0.29) is 5.91 Å². The topological polar surface area (TPSA) is 57.1 Å². The van der Waals surface area contributed by atoms with Crippen LogP contribution in [0.1, 0.15) is 43.1 Å². The molecule has 1 amide bonds. The molecule has 158 valence electrons. The Hall–Kier alpha value is -1.22. The molecule has 1 aliphatic heterocycles. The Bertz CT molecular complexity index is 715. The van der Waals surface area contributed by atoms with E-state index in [0.717, 1.165) is 37.6 Å². The highest BCUT2D eigenvalue weighted by atomic mass is 32.1. The van der Waals surface area contributed by atoms with Crippen LogP contribution in [-0.2, 0) is 16.2 Å². The average Bonchev–Trinajstić information content (AvgIpc) is 3.27. The summed E-state index contributed by atoms with van der Waals surface area (Å²) < 4.78 is 10.7. The molecule has 28 heavy (non-hydrogen) atoms. The molecule has 1 aliphatic carbocycles. The van der Waals surface area contributed by atoms with E-state index in [1.807, 2.05) is 0 Å². The van der Waals surface area contributed by atoms with Gasteiger partial charge in [0.25, 0.3) is 5.91 Å². The molecule has 3 rings (SSSR count). The smallest absolute Gasteiger partial charge is 0.275 e. The summed E-state index contributed by atoms with van der Waals surface area (Å²) in [6.45, 7) is 11.3. The van der Waals surface area contributed by atoms with Gasteiger partial charge < -0.3 is 24.4 Å². The van der Waals surface area contributed by atoms with Gasteiger partial charge in [-0.15, -0.1) is 0 Å². The second-order valence-electron chi connectivity index (χ2n) is 8.37. The lowest BCUT2D eigenvalue weighted by molar-refractivity contribution is -1.02. The van der Waals surface area contributed by atoms with Gasteiger partial charge in [0.05, 0.1) is 6.61 Å². The van der Waals surface area contributed by atoms with E-state index in [1.54, 1.807) is 12.0 Å². The monoisotopic (exact) mass is 411 g/mol. The molecule has 0 atom stereocenters. The Kier molecular flexibility index (Phi) is 7.68. The molecule has 1 saturated carbocycles. The summed E-state index contributed by atoms with van der Waals surface area (Å²) in [5, 5.41) is 2.92. The van der Waals surface area contributed by atoms with Gasteiger partial charge in [-0.3, -0.25) is 9.36 Å². The van der Waals surface area contributed by atoms with Gasteiger partial charge >= 0.3 is 0 Å². The summed E-state index contributed by atoms with van der Waals surface area (Å²) in [6, 6.07) is 0.598. The SMILES string of the molecule is COCCNC(=O)C[NH+]1CC[NH+](Cn2c(C)c(C)n(C3CCCC3)c2=S)CC1. The second kappa shape index (κ2) is 10.0. The van der Waals surface area contributed by atoms with Crippen molar-refractivity contribution in [1.29, 1.82) is 0 Å². The van der Waals surface area contributed by atoms with Crippen molar-refractivity contribution in [3.05, 3.63) is 16.2 Å². The zero-order chi connectivity index (χ0) is 20.1. The number of piperazine rings is 1. The van der Waals surface area contributed by atoms with Crippen molar-refractivity contribution in [1.82, 2.24) is 14.5 Å². The van der Waals surface area contributed by atoms with Gasteiger partial charge in [-0.05, 0) is 38.9 Å². The van der Waals surface area contributed by atoms with Crippen molar-refractivity contribution in [2.24, 2.45) is 0 Å². The number of imidazole rings is 1. The molecule has 0 radical (unpaired) electrons. The zero-order valence-corrected chi connectivity index (χ0v) is 18.5. The highest BCUT2D eigenvalue weighted by Gasteiger charge is 2.27. The lowest BCUT2D eigenvalue weighted by Crippen LogP contribution is -3.28. The van der Waals surface area contributed by atoms with E-state index in [4.69, 9.17) is 17.0 Å². The maximum Gasteiger partial charge on any atom is 0.275 e. The highest BCUT2D eigenvalue weighted by Crippen LogP contribution is 2.32. The molecule has 1 saturated heterocycles. The average molecular weight is 412 g/mol. The molecule has 2 heterocycles. The molecular weight excluding hydrogens is 374 g/mol. The Morgan fingerprint density at radius 3 is 2.43 bits per heavy atom. The number of quaternary nitrogens is 2. The molecular formula is C20H37N5O2S+2. The first-order chi connectivity index (χ1) is 13.5. The van der Waals surface area contributed by atoms with Gasteiger partial charge in [0.15, 0.2) is 18.0 Å². The molecule has 7 nitrogen and oxygen atoms in total. The number of amides is 1. The molecule has 0 unspecified atom stereocenters. The molecule has 0 spiro atoms. The number of ether oxygens (including phenoxy) is 1. The van der Waals surface area contributed by atoms with Gasteiger partial charge in [0, 0.05) is 31.1 Å². The highest BCUT2D eigenvalue weighted by molar-refractivity contribution is 7.71. The Labute approximate surface area is 173 Å². The molecule has 1 aromatic heterocycles. The number of aromatic nitrogens is 2. The maximum atomic E-state index is 12.0. The van der Waals surface area contributed by atoms with Crippen LogP contribution in [0, 0.1) is 18.6 Å². The standard InChI is InChI=1S/C20H35N5O2S/c1-16-17(2)25(18-6-4-5-7-18)20(28)24(16)15-23-11-9-22(10-12-23)14-19(26)21-8-13-27-3/h18H,4-15H2,1-3H3,(H,21,26)/p+2. The summed E-state index contributed by atoms with van der Waals surface area (Å²) in [7, 11) is 1.65. The largest absolute Gasteiger partial charge is 0.383 e. The minimum atomic E-state index is 0.123. The Morgan fingerprint density at radius 1 is 1.14 bits per heavy atom. The van der Waals surface area contributed by atoms with Gasteiger partial charge in [0.1, 0.15) is 26.2 Å². The third-order valence-electron chi connectivity index (χ3n) is 6.50. The van der Waals surface area contributed by atoms with Gasteiger partial charge in [-0.25, -0.2) is 0 Å². The minimum absolute atomic E-state index is 0.123. The lowest BCUT2D eigenvalue weighted by Gasteiger charge is -2.29. The lowest BCUT2D eigenvalue weighted by atomic mass is 10.2. The van der Waals surface area contributed by atoms with E-state index >= 15 is 0 Å². The van der Waals surface area contributed by atoms with Crippen LogP contribution in [0.15, 0.2) is 0 Å². The molecule has 0 aromatic carbocycles. The number of nitrogens with one attached hydrogen (secondary N) is 3. The van der Waals surface area contributed by atoms with Crippen molar-refractivity contribution in [3.63, 3.8) is 0 Å². The van der Waals surface area contributed by atoms with Crippen LogP contribution in [0.5, 0.6) is 0 Å². The van der Waals surface area contributed by atoms with Crippen LogP contribution in [0.3, 0.4) is 0 Å². The summed E-state index contributed by atoms with van der Waals surface area (Å²) in [5.41, 5.74) is 2.66. The molecule has 8 heteroatoms. The summed E-state index contributed by atoms with van der Waals surface area (Å²) in [4.78, 5) is 14.9. The number of rotatable bonds is 8. The molecule has 1 aromatic rings. The number of carbonyl (C=O) groups excluding carboxylic acids is 1. The van der Waals surface area contributed by atoms with Crippen LogP contribution in [-0.4, -0.2) is 68.0 Å². The van der Waals surface area contributed by atoms with E-state index in [9.17, 15) is 4.79 Å². The summed E-state index contributed by atoms with van der Waals surface area (Å²) in [5.74, 6) is 0.123. The fraction of sp³-hybridized carbons (Fsp3) is 0.800. The normalized spacial score (nSPS) is 23.2. The number of hydrogen-bond acceptors (Lipinski definition) is 3. The van der Waals surface area contributed by atoms with Crippen molar-refractivity contribution in [2.45, 2.75) is 52.2 Å². The van der Waals surface area contributed by atoms with E-state index < -0.39 is 0 Å². The minimum Gasteiger partial charge on any atom is -0.383 e. The number of methoxy groups -OCH3 is 1. The molecule has 0 bridgehead atoms. The number of nitrogens with zero attached hydrogens (tertiary/aromatic N) is 2. The van der Waals surface area contributed by atoms with Crippen molar-refractivity contribution >= 4 is 18.1 Å². The van der Waals surface area contributed by atoms with E-state index in [0.29, 0.717) is 25.7 Å². The third-order valence-corrected chi connectivity index (χ3v) is 6.92. The van der Waals surface area contributed by atoms with E-state index in [1.165, 1.54) is 42.0 Å². The summed E-state index contributed by atoms with van der Waals surface area (Å²) >= 11 is 5.88. The predicted molar refractivity (Wildman–Crippen MR) is 111 cm³/mol.